The van der Waals surface area contributed by atoms with Crippen molar-refractivity contribution in [2.45, 2.75) is 52.4 Å². The Balaban J connectivity index is 2.65. The Bertz CT molecular complexity index is 458. The highest BCUT2D eigenvalue weighted by Crippen LogP contribution is 2.37. The third-order valence-electron chi connectivity index (χ3n) is 3.79. The van der Waals surface area contributed by atoms with E-state index in [9.17, 15) is 0 Å². The standard InChI is InChI=1S/C17H28O2Si/c1-14(2)12-18-16-10-8-9-15(11-16)13-19-20(6,7)17(3,4)5/h8-11H,1,12-13H2,2-7H3. The third-order valence-corrected chi connectivity index (χ3v) is 8.27. The summed E-state index contributed by atoms with van der Waals surface area (Å²) in [5.74, 6) is 0.879. The normalized spacial score (nSPS) is 12.3. The lowest BCUT2D eigenvalue weighted by Gasteiger charge is -2.36. The van der Waals surface area contributed by atoms with Crippen LogP contribution in [0.25, 0.3) is 0 Å². The topological polar surface area (TPSA) is 18.5 Å². The zero-order chi connectivity index (χ0) is 15.4. The molecule has 0 amide bonds. The Morgan fingerprint density at radius 3 is 2.45 bits per heavy atom. The average molecular weight is 292 g/mol. The van der Waals surface area contributed by atoms with E-state index in [0.29, 0.717) is 13.2 Å². The van der Waals surface area contributed by atoms with Gasteiger partial charge < -0.3 is 9.16 Å². The van der Waals surface area contributed by atoms with Crippen LogP contribution < -0.4 is 4.74 Å². The zero-order valence-electron chi connectivity index (χ0n) is 13.7. The molecule has 1 aromatic rings. The van der Waals surface area contributed by atoms with Crippen molar-refractivity contribution >= 4 is 8.32 Å². The minimum Gasteiger partial charge on any atom is -0.489 e. The van der Waals surface area contributed by atoms with Crippen molar-refractivity contribution < 1.29 is 9.16 Å². The van der Waals surface area contributed by atoms with Gasteiger partial charge in [0.25, 0.3) is 0 Å². The summed E-state index contributed by atoms with van der Waals surface area (Å²) in [5, 5.41) is 0.237. The van der Waals surface area contributed by atoms with Gasteiger partial charge in [0.1, 0.15) is 12.4 Å². The van der Waals surface area contributed by atoms with Gasteiger partial charge in [-0.25, -0.2) is 0 Å². The van der Waals surface area contributed by atoms with E-state index in [-0.39, 0.29) is 5.04 Å². The highest BCUT2D eigenvalue weighted by atomic mass is 28.4. The van der Waals surface area contributed by atoms with E-state index >= 15 is 0 Å². The van der Waals surface area contributed by atoms with Crippen LogP contribution in [0.5, 0.6) is 5.75 Å². The van der Waals surface area contributed by atoms with Crippen LogP contribution in [0.15, 0.2) is 36.4 Å². The number of ether oxygens (including phenoxy) is 1. The first-order chi connectivity index (χ1) is 9.12. The van der Waals surface area contributed by atoms with Crippen molar-refractivity contribution in [3.63, 3.8) is 0 Å². The summed E-state index contributed by atoms with van der Waals surface area (Å²) < 4.78 is 11.9. The van der Waals surface area contributed by atoms with Crippen LogP contribution in [0.1, 0.15) is 33.3 Å². The Morgan fingerprint density at radius 2 is 1.90 bits per heavy atom. The van der Waals surface area contributed by atoms with Crippen LogP contribution in [0.3, 0.4) is 0 Å². The first kappa shape index (κ1) is 17.0. The molecule has 0 aliphatic heterocycles. The first-order valence-electron chi connectivity index (χ1n) is 7.12. The molecule has 0 saturated carbocycles. The highest BCUT2D eigenvalue weighted by Gasteiger charge is 2.36. The maximum atomic E-state index is 6.23. The summed E-state index contributed by atoms with van der Waals surface area (Å²) in [7, 11) is -1.70. The molecule has 112 valence electrons. The van der Waals surface area contributed by atoms with Crippen molar-refractivity contribution in [3.05, 3.63) is 42.0 Å². The molecule has 0 unspecified atom stereocenters. The molecule has 0 aromatic heterocycles. The van der Waals surface area contributed by atoms with E-state index in [0.717, 1.165) is 16.9 Å². The van der Waals surface area contributed by atoms with E-state index in [2.05, 4.69) is 52.6 Å². The fourth-order valence-corrected chi connectivity index (χ4v) is 2.37. The van der Waals surface area contributed by atoms with Crippen molar-refractivity contribution in [3.8, 4) is 5.75 Å². The van der Waals surface area contributed by atoms with Gasteiger partial charge in [0.05, 0.1) is 6.61 Å². The lowest BCUT2D eigenvalue weighted by Crippen LogP contribution is -2.40. The minimum atomic E-state index is -1.70. The molecule has 2 nitrogen and oxygen atoms in total. The molecule has 1 aromatic carbocycles. The zero-order valence-corrected chi connectivity index (χ0v) is 14.7. The number of rotatable bonds is 6. The Hall–Kier alpha value is -1.06. The van der Waals surface area contributed by atoms with Crippen molar-refractivity contribution in [2.24, 2.45) is 0 Å². The second kappa shape index (κ2) is 6.59. The first-order valence-corrected chi connectivity index (χ1v) is 10.0. The van der Waals surface area contributed by atoms with E-state index < -0.39 is 8.32 Å². The smallest absolute Gasteiger partial charge is 0.192 e. The van der Waals surface area contributed by atoms with Gasteiger partial charge in [-0.1, -0.05) is 39.5 Å². The number of hydrogen-bond donors (Lipinski definition) is 0. The second-order valence-corrected chi connectivity index (χ2v) is 11.8. The minimum absolute atomic E-state index is 0.237. The van der Waals surface area contributed by atoms with Crippen molar-refractivity contribution in [1.82, 2.24) is 0 Å². The van der Waals surface area contributed by atoms with Gasteiger partial charge in [-0.05, 0) is 48.3 Å². The molecule has 0 bridgehead atoms. The quantitative estimate of drug-likeness (QED) is 0.532. The van der Waals surface area contributed by atoms with E-state index in [4.69, 9.17) is 9.16 Å². The Labute approximate surface area is 124 Å². The van der Waals surface area contributed by atoms with Gasteiger partial charge >= 0.3 is 0 Å². The molecule has 20 heavy (non-hydrogen) atoms. The molecule has 0 heterocycles. The molecular weight excluding hydrogens is 264 g/mol. The van der Waals surface area contributed by atoms with Gasteiger partial charge in [-0.3, -0.25) is 0 Å². The maximum Gasteiger partial charge on any atom is 0.192 e. The maximum absolute atomic E-state index is 6.23. The van der Waals surface area contributed by atoms with Crippen LogP contribution in [0.2, 0.25) is 18.1 Å². The van der Waals surface area contributed by atoms with Crippen LogP contribution in [0.4, 0.5) is 0 Å². The molecule has 0 aliphatic rings. The highest BCUT2D eigenvalue weighted by molar-refractivity contribution is 6.74. The number of benzene rings is 1. The van der Waals surface area contributed by atoms with Crippen molar-refractivity contribution in [2.75, 3.05) is 6.61 Å². The molecule has 0 saturated heterocycles. The Kier molecular flexibility index (Phi) is 5.60. The lowest BCUT2D eigenvalue weighted by atomic mass is 10.2. The van der Waals surface area contributed by atoms with Crippen LogP contribution in [-0.4, -0.2) is 14.9 Å². The van der Waals surface area contributed by atoms with Gasteiger partial charge in [-0.15, -0.1) is 0 Å². The SMILES string of the molecule is C=C(C)COc1cccc(CO[Si](C)(C)C(C)(C)C)c1. The second-order valence-electron chi connectivity index (χ2n) is 6.94. The predicted octanol–water partition coefficient (Wildman–Crippen LogP) is 5.16. The molecular formula is C17H28O2Si. The summed E-state index contributed by atoms with van der Waals surface area (Å²) in [6.45, 7) is 18.3. The molecule has 0 spiro atoms. The monoisotopic (exact) mass is 292 g/mol. The molecule has 0 atom stereocenters. The summed E-state index contributed by atoms with van der Waals surface area (Å²) in [4.78, 5) is 0. The largest absolute Gasteiger partial charge is 0.489 e. The van der Waals surface area contributed by atoms with E-state index in [1.54, 1.807) is 0 Å². The fourth-order valence-electron chi connectivity index (χ4n) is 1.41. The predicted molar refractivity (Wildman–Crippen MR) is 88.7 cm³/mol. The molecule has 0 aliphatic carbocycles. The van der Waals surface area contributed by atoms with Gasteiger partial charge in [0.2, 0.25) is 0 Å². The summed E-state index contributed by atoms with van der Waals surface area (Å²) >= 11 is 0. The molecule has 0 radical (unpaired) electrons. The molecule has 0 fully saturated rings. The summed E-state index contributed by atoms with van der Waals surface area (Å²) in [6.07, 6.45) is 0. The summed E-state index contributed by atoms with van der Waals surface area (Å²) in [6, 6.07) is 8.12. The molecule has 0 N–H and O–H groups in total. The molecule has 1 rings (SSSR count). The lowest BCUT2D eigenvalue weighted by molar-refractivity contribution is 0.275. The van der Waals surface area contributed by atoms with Gasteiger partial charge in [0, 0.05) is 0 Å². The third kappa shape index (κ3) is 5.14. The van der Waals surface area contributed by atoms with Crippen molar-refractivity contribution in [1.29, 1.82) is 0 Å². The van der Waals surface area contributed by atoms with E-state index in [1.165, 1.54) is 0 Å². The fraction of sp³-hybridized carbons (Fsp3) is 0.529. The van der Waals surface area contributed by atoms with Gasteiger partial charge in [-0.2, -0.15) is 0 Å². The Morgan fingerprint density at radius 1 is 1.25 bits per heavy atom. The van der Waals surface area contributed by atoms with Crippen LogP contribution in [-0.2, 0) is 11.0 Å². The van der Waals surface area contributed by atoms with Crippen LogP contribution in [0, 0.1) is 0 Å². The van der Waals surface area contributed by atoms with Crippen LogP contribution >= 0.6 is 0 Å². The molecule has 3 heteroatoms. The number of hydrogen-bond acceptors (Lipinski definition) is 2. The van der Waals surface area contributed by atoms with E-state index in [1.807, 2.05) is 19.1 Å². The van der Waals surface area contributed by atoms with Gasteiger partial charge in [0.15, 0.2) is 8.32 Å². The average Bonchev–Trinajstić information content (AvgIpc) is 2.33. The summed E-state index contributed by atoms with van der Waals surface area (Å²) in [5.41, 5.74) is 2.18.